The van der Waals surface area contributed by atoms with Crippen LogP contribution in [-0.4, -0.2) is 78.0 Å². The number of rotatable bonds is 15. The molecular weight excluding hydrogens is 522 g/mol. The Labute approximate surface area is 235 Å². The third-order valence-electron chi connectivity index (χ3n) is 5.85. The Morgan fingerprint density at radius 2 is 1.70 bits per heavy atom. The van der Waals surface area contributed by atoms with Crippen molar-refractivity contribution in [1.29, 1.82) is 0 Å². The average Bonchev–Trinajstić information content (AvgIpc) is 3.64. The van der Waals surface area contributed by atoms with E-state index in [9.17, 15) is 28.8 Å². The van der Waals surface area contributed by atoms with Crippen molar-refractivity contribution < 1.29 is 38.2 Å². The molecule has 1 aliphatic heterocycles. The monoisotopic (exact) mass is 565 g/mol. The van der Waals surface area contributed by atoms with E-state index in [1.165, 1.54) is 0 Å². The van der Waals surface area contributed by atoms with E-state index in [1.807, 2.05) is 13.8 Å². The van der Waals surface area contributed by atoms with Crippen molar-refractivity contribution >= 4 is 35.5 Å². The predicted octanol–water partition coefficient (Wildman–Crippen LogP) is -0.0826. The first-order valence-electron chi connectivity index (χ1n) is 13.4. The maximum absolute atomic E-state index is 13.3. The summed E-state index contributed by atoms with van der Waals surface area (Å²) < 4.78 is 9.99. The van der Waals surface area contributed by atoms with E-state index in [4.69, 9.17) is 21.6 Å². The number of epoxide rings is 1. The smallest absolute Gasteiger partial charge is 0.338 e. The number of primary amides is 1. The molecule has 0 aromatic rings. The molecule has 1 saturated heterocycles. The summed E-state index contributed by atoms with van der Waals surface area (Å²) in [4.78, 5) is 75.4. The highest BCUT2D eigenvalue weighted by Gasteiger charge is 2.53. The van der Waals surface area contributed by atoms with Crippen LogP contribution in [0.4, 0.5) is 0 Å². The molecular formula is C27H43N5O8. The maximum atomic E-state index is 13.3. The van der Waals surface area contributed by atoms with Gasteiger partial charge in [0.1, 0.15) is 12.1 Å². The van der Waals surface area contributed by atoms with Gasteiger partial charge in [-0.05, 0) is 31.1 Å². The Hall–Kier alpha value is -3.66. The second kappa shape index (κ2) is 15.8. The van der Waals surface area contributed by atoms with E-state index in [-0.39, 0.29) is 44.2 Å². The summed E-state index contributed by atoms with van der Waals surface area (Å²) in [5, 5.41) is 6.27. The molecule has 224 valence electrons. The zero-order valence-corrected chi connectivity index (χ0v) is 24.2. The van der Waals surface area contributed by atoms with Crippen LogP contribution in [0.25, 0.3) is 0 Å². The minimum atomic E-state index is -1.19. The number of esters is 1. The normalized spacial score (nSPS) is 17.6. The van der Waals surface area contributed by atoms with Gasteiger partial charge < -0.3 is 25.8 Å². The summed E-state index contributed by atoms with van der Waals surface area (Å²) in [6, 6.07) is -2.06. The van der Waals surface area contributed by atoms with Crippen LogP contribution in [0.3, 0.4) is 0 Å². The number of nitrogens with zero attached hydrogens (tertiary/aromatic N) is 1. The molecule has 0 aromatic heterocycles. The third-order valence-corrected chi connectivity index (χ3v) is 5.85. The Morgan fingerprint density at radius 1 is 1.05 bits per heavy atom. The molecule has 0 saturated carbocycles. The first-order valence-corrected chi connectivity index (χ1v) is 13.4. The Balaban J connectivity index is 3.06. The van der Waals surface area contributed by atoms with Gasteiger partial charge in [0.05, 0.1) is 13.2 Å². The number of amides is 5. The van der Waals surface area contributed by atoms with Gasteiger partial charge in [0.25, 0.3) is 11.8 Å². The Bertz CT molecular complexity index is 984. The number of ether oxygens (including phenoxy) is 2. The number of unbranched alkanes of at least 4 members (excludes halogenated alkanes) is 1. The lowest BCUT2D eigenvalue weighted by Gasteiger charge is -2.32. The number of nitrogens with two attached hydrogens (primary N) is 1. The van der Waals surface area contributed by atoms with Crippen molar-refractivity contribution in [1.82, 2.24) is 21.1 Å². The van der Waals surface area contributed by atoms with Crippen LogP contribution in [0, 0.1) is 23.7 Å². The van der Waals surface area contributed by atoms with Crippen molar-refractivity contribution in [2.75, 3.05) is 13.2 Å². The summed E-state index contributed by atoms with van der Waals surface area (Å²) in [5.41, 5.74) is 6.96. The van der Waals surface area contributed by atoms with E-state index < -0.39 is 59.3 Å². The van der Waals surface area contributed by atoms with Crippen molar-refractivity contribution in [3.8, 4) is 12.3 Å². The Kier molecular flexibility index (Phi) is 13.6. The molecule has 0 spiro atoms. The molecule has 1 fully saturated rings. The molecule has 1 rings (SSSR count). The van der Waals surface area contributed by atoms with Crippen molar-refractivity contribution in [3.63, 3.8) is 0 Å². The number of hydrogen-bond donors (Lipinski definition) is 4. The zero-order valence-electron chi connectivity index (χ0n) is 24.2. The van der Waals surface area contributed by atoms with Crippen LogP contribution in [0.5, 0.6) is 0 Å². The molecule has 0 aromatic carbocycles. The van der Waals surface area contributed by atoms with Gasteiger partial charge in [0, 0.05) is 19.3 Å². The fourth-order valence-electron chi connectivity index (χ4n) is 3.73. The quantitative estimate of drug-likeness (QED) is 0.0697. The van der Waals surface area contributed by atoms with Gasteiger partial charge in [-0.3, -0.25) is 34.4 Å². The summed E-state index contributed by atoms with van der Waals surface area (Å²) in [6.07, 6.45) is 3.89. The fourth-order valence-corrected chi connectivity index (χ4v) is 3.73. The molecule has 1 heterocycles. The molecule has 4 atom stereocenters. The van der Waals surface area contributed by atoms with Gasteiger partial charge in [-0.2, -0.15) is 0 Å². The molecule has 5 N–H and O–H groups in total. The summed E-state index contributed by atoms with van der Waals surface area (Å²) >= 11 is 0. The molecule has 13 heteroatoms. The highest BCUT2D eigenvalue weighted by atomic mass is 16.6. The highest BCUT2D eigenvalue weighted by molar-refractivity contribution is 5.96. The maximum Gasteiger partial charge on any atom is 0.338 e. The fraction of sp³-hybridized carbons (Fsp3) is 0.704. The van der Waals surface area contributed by atoms with E-state index in [0.29, 0.717) is 12.8 Å². The number of carbonyl (C=O) groups excluding carboxylic acids is 6. The van der Waals surface area contributed by atoms with Crippen LogP contribution in [0.2, 0.25) is 0 Å². The lowest BCUT2D eigenvalue weighted by molar-refractivity contribution is -0.146. The zero-order chi connectivity index (χ0) is 30.6. The average molecular weight is 566 g/mol. The largest absolute Gasteiger partial charge is 0.464 e. The van der Waals surface area contributed by atoms with Gasteiger partial charge in [-0.15, -0.1) is 12.3 Å². The minimum absolute atomic E-state index is 0.0442. The second-order valence-corrected chi connectivity index (χ2v) is 11.0. The molecule has 0 bridgehead atoms. The van der Waals surface area contributed by atoms with E-state index in [0.717, 1.165) is 5.01 Å². The molecule has 5 amide bonds. The minimum Gasteiger partial charge on any atom is -0.464 e. The molecule has 40 heavy (non-hydrogen) atoms. The number of nitrogens with one attached hydrogen (secondary N) is 3. The van der Waals surface area contributed by atoms with Gasteiger partial charge in [-0.25, -0.2) is 4.79 Å². The number of terminal acetylenes is 1. The molecule has 0 radical (unpaired) electrons. The standard InChI is InChI=1S/C27H43N5O8/c1-8-10-11-12-19(34)30-22(27(5,6)7)24(36)29-17(15-16(3)4)23(35)31-32(14-13-18(28)33)25(37)20-21(40-20)26(38)39-9-2/h1,16-17,20-22H,9-15H2,2-7H3,(H2,28,33)(H,29,36)(H,30,34)(H,31,35)/t17-,20?,21?,22-/m1/s1. The lowest BCUT2D eigenvalue weighted by Crippen LogP contribution is -2.60. The van der Waals surface area contributed by atoms with Crippen molar-refractivity contribution in [3.05, 3.63) is 0 Å². The van der Waals surface area contributed by atoms with Crippen LogP contribution in [-0.2, 0) is 38.2 Å². The topological polar surface area (TPSA) is 190 Å². The van der Waals surface area contributed by atoms with Crippen LogP contribution >= 0.6 is 0 Å². The Morgan fingerprint density at radius 3 is 2.23 bits per heavy atom. The van der Waals surface area contributed by atoms with Gasteiger partial charge in [0.2, 0.25) is 17.7 Å². The summed E-state index contributed by atoms with van der Waals surface area (Å²) in [7, 11) is 0. The molecule has 1 aliphatic rings. The van der Waals surface area contributed by atoms with E-state index in [1.54, 1.807) is 27.7 Å². The van der Waals surface area contributed by atoms with Crippen LogP contribution in [0.1, 0.15) is 73.6 Å². The van der Waals surface area contributed by atoms with Gasteiger partial charge >= 0.3 is 5.97 Å². The van der Waals surface area contributed by atoms with Gasteiger partial charge in [0.15, 0.2) is 12.2 Å². The summed E-state index contributed by atoms with van der Waals surface area (Å²) in [5.74, 6) is -1.46. The number of hydrogen-bond acceptors (Lipinski definition) is 8. The SMILES string of the molecule is C#CCCCC(=O)N[C@H](C(=O)N[C@H](CC(C)C)C(=O)NN(CCC(N)=O)C(=O)C1OC1C(=O)OCC)C(C)(C)C. The van der Waals surface area contributed by atoms with Crippen molar-refractivity contribution in [2.45, 2.75) is 97.9 Å². The third kappa shape index (κ3) is 11.6. The first-order chi connectivity index (χ1) is 18.6. The van der Waals surface area contributed by atoms with Crippen LogP contribution in [0.15, 0.2) is 0 Å². The number of carbonyl (C=O) groups is 6. The van der Waals surface area contributed by atoms with Crippen molar-refractivity contribution in [2.24, 2.45) is 17.1 Å². The lowest BCUT2D eigenvalue weighted by atomic mass is 9.85. The molecule has 13 nitrogen and oxygen atoms in total. The van der Waals surface area contributed by atoms with E-state index in [2.05, 4.69) is 22.0 Å². The first kappa shape index (κ1) is 34.4. The molecule has 2 unspecified atom stereocenters. The molecule has 0 aliphatic carbocycles. The van der Waals surface area contributed by atoms with Crippen LogP contribution < -0.4 is 21.8 Å². The van der Waals surface area contributed by atoms with E-state index >= 15 is 0 Å². The second-order valence-electron chi connectivity index (χ2n) is 11.0. The summed E-state index contributed by atoms with van der Waals surface area (Å²) in [6.45, 7) is 10.4. The highest BCUT2D eigenvalue weighted by Crippen LogP contribution is 2.25. The predicted molar refractivity (Wildman–Crippen MR) is 144 cm³/mol. The number of hydrazine groups is 1. The van der Waals surface area contributed by atoms with Gasteiger partial charge in [-0.1, -0.05) is 34.6 Å².